The second kappa shape index (κ2) is 16.3. The third-order valence-corrected chi connectivity index (χ3v) is 0. The van der Waals surface area contributed by atoms with Crippen molar-refractivity contribution in [2.24, 2.45) is 0 Å². The van der Waals surface area contributed by atoms with Crippen LogP contribution in [0.1, 0.15) is 0 Å². The van der Waals surface area contributed by atoms with Crippen LogP contribution in [0.2, 0.25) is 0 Å². The summed E-state index contributed by atoms with van der Waals surface area (Å²) in [5, 5.41) is 0. The molecule has 0 aromatic heterocycles. The van der Waals surface area contributed by atoms with E-state index in [1.165, 1.54) is 22.7 Å². The van der Waals surface area contributed by atoms with E-state index in [-0.39, 0.29) is 55.0 Å². The maximum atomic E-state index is 2.76. The summed E-state index contributed by atoms with van der Waals surface area (Å²) in [4.78, 5) is 0. The van der Waals surface area contributed by atoms with Crippen LogP contribution < -0.4 is 0 Å². The fourth-order valence-electron chi connectivity index (χ4n) is 0. The molecule has 0 aromatic carbocycles. The number of rotatable bonds is 0. The van der Waals surface area contributed by atoms with Crippen molar-refractivity contribution in [3.8, 4) is 0 Å². The van der Waals surface area contributed by atoms with Crippen LogP contribution in [0.3, 0.4) is 0 Å². The molecule has 0 atom stereocenters. The normalized spacial score (nSPS) is 1.00. The molecule has 0 aromatic rings. The molecule has 0 N–H and O–H groups in total. The van der Waals surface area contributed by atoms with Gasteiger partial charge in [-0.05, 0) is 0 Å². The molecular weight excluding hydrogens is 599 g/mol. The summed E-state index contributed by atoms with van der Waals surface area (Å²) in [6.45, 7) is 0. The van der Waals surface area contributed by atoms with Gasteiger partial charge >= 0.3 is 34.2 Å². The SMILES string of the molecule is [Cd].[Hg].[Se]=[Pb]. The Hall–Kier alpha value is 3.30. The van der Waals surface area contributed by atoms with Gasteiger partial charge in [-0.15, -0.1) is 0 Å². The molecule has 0 spiro atoms. The zero-order chi connectivity index (χ0) is 2.00. The second-order valence-electron chi connectivity index (χ2n) is 0. The zero-order valence-corrected chi connectivity index (χ0v) is 17.5. The van der Waals surface area contributed by atoms with E-state index in [0.29, 0.717) is 0 Å². The summed E-state index contributed by atoms with van der Waals surface area (Å²) in [5.74, 6) is 0. The molecule has 0 unspecified atom stereocenters. The van der Waals surface area contributed by atoms with E-state index in [1.807, 2.05) is 0 Å². The van der Waals surface area contributed by atoms with Crippen molar-refractivity contribution in [2.45, 2.75) is 0 Å². The van der Waals surface area contributed by atoms with Gasteiger partial charge in [0.15, 0.2) is 0 Å². The van der Waals surface area contributed by atoms with Crippen molar-refractivity contribution >= 4 is 34.2 Å². The average Bonchev–Trinajstić information content (AvgIpc) is 1.00. The summed E-state index contributed by atoms with van der Waals surface area (Å²) >= 11 is 3.94. The number of hydrogen-bond donors (Lipinski definition) is 0. The third kappa shape index (κ3) is 9.00. The van der Waals surface area contributed by atoms with Crippen LogP contribution in [0.25, 0.3) is 0 Å². The van der Waals surface area contributed by atoms with E-state index in [2.05, 4.69) is 11.5 Å². The molecule has 0 saturated heterocycles. The molecule has 0 saturated carbocycles. The van der Waals surface area contributed by atoms with Crippen molar-refractivity contribution in [1.82, 2.24) is 0 Å². The van der Waals surface area contributed by atoms with Gasteiger partial charge < -0.3 is 0 Å². The molecule has 0 nitrogen and oxygen atoms in total. The Balaban J connectivity index is -0.00000000500. The van der Waals surface area contributed by atoms with Crippen LogP contribution >= 0.6 is 0 Å². The zero-order valence-electron chi connectivity index (χ0n) is 2.32. The van der Waals surface area contributed by atoms with Gasteiger partial charge in [-0.2, -0.15) is 0 Å². The minimum absolute atomic E-state index is 0. The van der Waals surface area contributed by atoms with Crippen molar-refractivity contribution in [1.29, 1.82) is 0 Å². The molecule has 4 heavy (non-hydrogen) atoms. The molecule has 0 amide bonds. The van der Waals surface area contributed by atoms with Gasteiger partial charge in [0.1, 0.15) is 0 Å². The topological polar surface area (TPSA) is 0 Å². The molecule has 0 fully saturated rings. The van der Waals surface area contributed by atoms with E-state index in [1.54, 1.807) is 0 Å². The Bertz CT molecular complexity index is 8.00. The molecule has 4 heteroatoms. The molecule has 0 bridgehead atoms. The van der Waals surface area contributed by atoms with Crippen LogP contribution in [0.4, 0.5) is 0 Å². The van der Waals surface area contributed by atoms with Crippen LogP contribution in [0.5, 0.6) is 0 Å². The van der Waals surface area contributed by atoms with Gasteiger partial charge in [0, 0.05) is 55.0 Å². The second-order valence-corrected chi connectivity index (χ2v) is 0. The Kier molecular flexibility index (Phi) is 63.7. The Morgan fingerprint density at radius 3 is 1.25 bits per heavy atom. The Labute approximate surface area is 87.0 Å². The summed E-state index contributed by atoms with van der Waals surface area (Å²) in [6, 6.07) is 0. The van der Waals surface area contributed by atoms with E-state index in [0.717, 1.165) is 0 Å². The standard InChI is InChI=1S/Cd.Hg.Pb.Se. The summed E-state index contributed by atoms with van der Waals surface area (Å²) < 4.78 is 0. The quantitative estimate of drug-likeness (QED) is 0.322. The first-order valence-corrected chi connectivity index (χ1v) is 9.31. The van der Waals surface area contributed by atoms with E-state index in [4.69, 9.17) is 0 Å². The molecule has 0 aliphatic heterocycles. The summed E-state index contributed by atoms with van der Waals surface area (Å²) in [5.41, 5.74) is 0. The number of hydrogen-bond acceptors (Lipinski definition) is 0. The fourth-order valence-corrected chi connectivity index (χ4v) is 0. The first-order valence-electron chi connectivity index (χ1n) is 0.204. The van der Waals surface area contributed by atoms with Crippen molar-refractivity contribution in [3.63, 3.8) is 0 Å². The van der Waals surface area contributed by atoms with E-state index in [9.17, 15) is 0 Å². The molecule has 0 rings (SSSR count). The van der Waals surface area contributed by atoms with E-state index >= 15 is 0 Å². The van der Waals surface area contributed by atoms with Crippen molar-refractivity contribution in [2.75, 3.05) is 0 Å². The van der Waals surface area contributed by atoms with Gasteiger partial charge in [0.25, 0.3) is 0 Å². The van der Waals surface area contributed by atoms with Crippen molar-refractivity contribution in [3.05, 3.63) is 0 Å². The molecule has 0 heterocycles. The molecule has 14 valence electrons. The van der Waals surface area contributed by atoms with Crippen LogP contribution in [0.15, 0.2) is 0 Å². The van der Waals surface area contributed by atoms with Gasteiger partial charge in [0.2, 0.25) is 0 Å². The predicted octanol–water partition coefficient (Wildman–Crippen LogP) is -0.767. The van der Waals surface area contributed by atoms with Gasteiger partial charge in [0.05, 0.1) is 0 Å². The van der Waals surface area contributed by atoms with Gasteiger partial charge in [-0.1, -0.05) is 0 Å². The minimum atomic E-state index is 0. The first kappa shape index (κ1) is 15.7. The van der Waals surface area contributed by atoms with E-state index < -0.39 is 0 Å². The monoisotopic (exact) mass is 604 g/mol. The van der Waals surface area contributed by atoms with Crippen LogP contribution in [-0.2, 0) is 55.0 Å². The molecule has 0 aliphatic rings. The molecule has 2 radical (unpaired) electrons. The summed E-state index contributed by atoms with van der Waals surface area (Å²) in [6.07, 6.45) is 0. The van der Waals surface area contributed by atoms with Crippen LogP contribution in [-0.4, -0.2) is 34.2 Å². The van der Waals surface area contributed by atoms with Crippen LogP contribution in [0, 0.1) is 0 Å². The average molecular weight is 599 g/mol. The molecular formula is CdHgPbSe. The Morgan fingerprint density at radius 1 is 1.25 bits per heavy atom. The Morgan fingerprint density at radius 2 is 1.25 bits per heavy atom. The van der Waals surface area contributed by atoms with Gasteiger partial charge in [-0.25, -0.2) is 0 Å². The maximum absolute atomic E-state index is 2.76. The van der Waals surface area contributed by atoms with Crippen molar-refractivity contribution < 1.29 is 55.0 Å². The fraction of sp³-hybridized carbons (Fsp3) is 0. The summed E-state index contributed by atoms with van der Waals surface area (Å²) in [7, 11) is 0. The van der Waals surface area contributed by atoms with Gasteiger partial charge in [-0.3, -0.25) is 0 Å². The third-order valence-electron chi connectivity index (χ3n) is 0. The molecule has 0 aliphatic carbocycles. The first-order chi connectivity index (χ1) is 1.00. The predicted molar refractivity (Wildman–Crippen MR) is 11.5 cm³/mol.